The maximum Gasteiger partial charge on any atom is 0.140 e. The minimum Gasteiger partial charge on any atom is -0.299 e. The van der Waals surface area contributed by atoms with Crippen LogP contribution in [0, 0.1) is 11.3 Å². The Morgan fingerprint density at radius 1 is 1.46 bits per heavy atom. The van der Waals surface area contributed by atoms with Crippen LogP contribution in [0.1, 0.15) is 46.5 Å². The molecular formula is C12H18O. The molecule has 0 aromatic carbocycles. The Labute approximate surface area is 80.2 Å². The van der Waals surface area contributed by atoms with Crippen LogP contribution in [0.15, 0.2) is 11.1 Å². The number of ketones is 1. The van der Waals surface area contributed by atoms with Gasteiger partial charge in [-0.2, -0.15) is 0 Å². The Bertz CT molecular complexity index is 283. The fourth-order valence-electron chi connectivity index (χ4n) is 3.36. The molecule has 2 saturated carbocycles. The normalized spacial score (nSPS) is 38.2. The number of Topliss-reactive ketones (excluding diaryl/α,β-unsaturated/α-hetero) is 1. The zero-order chi connectivity index (χ0) is 9.64. The summed E-state index contributed by atoms with van der Waals surface area (Å²) in [6.07, 6.45) is 4.37. The van der Waals surface area contributed by atoms with Gasteiger partial charge in [0.15, 0.2) is 0 Å². The number of hydrogen-bond acceptors (Lipinski definition) is 1. The summed E-state index contributed by atoms with van der Waals surface area (Å²) >= 11 is 0. The van der Waals surface area contributed by atoms with Crippen LogP contribution >= 0.6 is 0 Å². The molecular weight excluding hydrogens is 160 g/mol. The van der Waals surface area contributed by atoms with E-state index in [1.807, 2.05) is 0 Å². The molecule has 1 nitrogen and oxygen atoms in total. The van der Waals surface area contributed by atoms with Gasteiger partial charge in [-0.15, -0.1) is 0 Å². The van der Waals surface area contributed by atoms with Gasteiger partial charge in [-0.3, -0.25) is 4.79 Å². The lowest BCUT2D eigenvalue weighted by Gasteiger charge is -2.32. The molecule has 0 aromatic rings. The van der Waals surface area contributed by atoms with Crippen molar-refractivity contribution in [2.75, 3.05) is 0 Å². The van der Waals surface area contributed by atoms with E-state index in [-0.39, 0.29) is 5.41 Å². The minimum absolute atomic E-state index is 0.235. The molecule has 13 heavy (non-hydrogen) atoms. The SMILES string of the molecule is CC(C)=C1C2CCCC1(C)CC2=O. The lowest BCUT2D eigenvalue weighted by atomic mass is 9.71. The molecule has 0 amide bonds. The number of fused-ring (bicyclic) bond motifs is 2. The molecule has 2 bridgehead atoms. The Morgan fingerprint density at radius 2 is 2.15 bits per heavy atom. The van der Waals surface area contributed by atoms with Gasteiger partial charge in [0, 0.05) is 12.3 Å². The molecule has 0 saturated heterocycles. The van der Waals surface area contributed by atoms with Gasteiger partial charge in [0.25, 0.3) is 0 Å². The summed E-state index contributed by atoms with van der Waals surface area (Å²) in [7, 11) is 0. The first kappa shape index (κ1) is 8.98. The second kappa shape index (κ2) is 2.70. The third-order valence-electron chi connectivity index (χ3n) is 3.71. The van der Waals surface area contributed by atoms with Crippen LogP contribution in [0.25, 0.3) is 0 Å². The van der Waals surface area contributed by atoms with Crippen molar-refractivity contribution in [2.24, 2.45) is 11.3 Å². The molecule has 2 rings (SSSR count). The van der Waals surface area contributed by atoms with Crippen LogP contribution in [0.2, 0.25) is 0 Å². The highest BCUT2D eigenvalue weighted by atomic mass is 16.1. The van der Waals surface area contributed by atoms with Gasteiger partial charge in [0.1, 0.15) is 5.78 Å². The quantitative estimate of drug-likeness (QED) is 0.521. The lowest BCUT2D eigenvalue weighted by molar-refractivity contribution is -0.120. The summed E-state index contributed by atoms with van der Waals surface area (Å²) in [6, 6.07) is 0. The zero-order valence-corrected chi connectivity index (χ0v) is 8.81. The lowest BCUT2D eigenvalue weighted by Crippen LogP contribution is -2.21. The van der Waals surface area contributed by atoms with Crippen molar-refractivity contribution in [3.8, 4) is 0 Å². The van der Waals surface area contributed by atoms with Crippen LogP contribution in [0.4, 0.5) is 0 Å². The van der Waals surface area contributed by atoms with Crippen LogP contribution in [-0.4, -0.2) is 5.78 Å². The van der Waals surface area contributed by atoms with E-state index < -0.39 is 0 Å². The minimum atomic E-state index is 0.235. The first-order valence-electron chi connectivity index (χ1n) is 5.25. The third kappa shape index (κ3) is 1.17. The number of hydrogen-bond donors (Lipinski definition) is 0. The van der Waals surface area contributed by atoms with E-state index in [1.54, 1.807) is 0 Å². The number of rotatable bonds is 0. The molecule has 2 atom stereocenters. The van der Waals surface area contributed by atoms with Crippen molar-refractivity contribution in [3.05, 3.63) is 11.1 Å². The molecule has 0 aliphatic heterocycles. The Hall–Kier alpha value is -0.590. The van der Waals surface area contributed by atoms with Gasteiger partial charge in [0.05, 0.1) is 0 Å². The summed E-state index contributed by atoms with van der Waals surface area (Å²) < 4.78 is 0. The van der Waals surface area contributed by atoms with E-state index in [0.29, 0.717) is 11.7 Å². The molecule has 0 spiro atoms. The van der Waals surface area contributed by atoms with Crippen molar-refractivity contribution in [2.45, 2.75) is 46.5 Å². The third-order valence-corrected chi connectivity index (χ3v) is 3.71. The molecule has 2 aliphatic carbocycles. The van der Waals surface area contributed by atoms with Crippen LogP contribution in [0.3, 0.4) is 0 Å². The summed E-state index contributed by atoms with van der Waals surface area (Å²) in [5.41, 5.74) is 3.10. The van der Waals surface area contributed by atoms with E-state index in [0.717, 1.165) is 12.8 Å². The number of carbonyl (C=O) groups excluding carboxylic acids is 1. The molecule has 0 aromatic heterocycles. The molecule has 0 radical (unpaired) electrons. The van der Waals surface area contributed by atoms with Crippen molar-refractivity contribution in [1.29, 1.82) is 0 Å². The molecule has 2 unspecified atom stereocenters. The smallest absolute Gasteiger partial charge is 0.140 e. The van der Waals surface area contributed by atoms with Crippen molar-refractivity contribution < 1.29 is 4.79 Å². The molecule has 2 aliphatic rings. The van der Waals surface area contributed by atoms with Gasteiger partial charge in [-0.25, -0.2) is 0 Å². The average molecular weight is 178 g/mol. The monoisotopic (exact) mass is 178 g/mol. The largest absolute Gasteiger partial charge is 0.299 e. The maximum absolute atomic E-state index is 11.7. The average Bonchev–Trinajstić information content (AvgIpc) is 2.15. The maximum atomic E-state index is 11.7. The van der Waals surface area contributed by atoms with Gasteiger partial charge in [-0.05, 0) is 32.1 Å². The van der Waals surface area contributed by atoms with Gasteiger partial charge in [0.2, 0.25) is 0 Å². The van der Waals surface area contributed by atoms with Gasteiger partial charge < -0.3 is 0 Å². The summed E-state index contributed by atoms with van der Waals surface area (Å²) in [5.74, 6) is 0.792. The molecule has 72 valence electrons. The number of carbonyl (C=O) groups is 1. The first-order chi connectivity index (χ1) is 6.04. The fraction of sp³-hybridized carbons (Fsp3) is 0.750. The summed E-state index contributed by atoms with van der Waals surface area (Å²) in [5, 5.41) is 0. The summed E-state index contributed by atoms with van der Waals surface area (Å²) in [4.78, 5) is 11.7. The standard InChI is InChI=1S/C12H18O/c1-8(2)11-9-5-4-6-12(11,3)7-10(9)13/h9H,4-7H2,1-3H3. The fourth-order valence-corrected chi connectivity index (χ4v) is 3.36. The van der Waals surface area contributed by atoms with Gasteiger partial charge >= 0.3 is 0 Å². The predicted octanol–water partition coefficient (Wildman–Crippen LogP) is 3.10. The molecule has 0 heterocycles. The van der Waals surface area contributed by atoms with Crippen molar-refractivity contribution in [1.82, 2.24) is 0 Å². The van der Waals surface area contributed by atoms with Gasteiger partial charge in [-0.1, -0.05) is 24.5 Å². The molecule has 0 N–H and O–H groups in total. The summed E-state index contributed by atoms with van der Waals surface area (Å²) in [6.45, 7) is 6.58. The highest BCUT2D eigenvalue weighted by Gasteiger charge is 2.48. The predicted molar refractivity (Wildman–Crippen MR) is 53.4 cm³/mol. The first-order valence-corrected chi connectivity index (χ1v) is 5.25. The van der Waals surface area contributed by atoms with Crippen LogP contribution in [-0.2, 0) is 4.79 Å². The van der Waals surface area contributed by atoms with Crippen LogP contribution < -0.4 is 0 Å². The zero-order valence-electron chi connectivity index (χ0n) is 8.81. The van der Waals surface area contributed by atoms with Crippen molar-refractivity contribution >= 4 is 5.78 Å². The Balaban J connectivity index is 2.49. The van der Waals surface area contributed by atoms with E-state index in [9.17, 15) is 4.79 Å². The highest BCUT2D eigenvalue weighted by Crippen LogP contribution is 2.54. The van der Waals surface area contributed by atoms with E-state index >= 15 is 0 Å². The second-order valence-corrected chi connectivity index (χ2v) is 5.06. The Morgan fingerprint density at radius 3 is 2.62 bits per heavy atom. The molecule has 2 fully saturated rings. The van der Waals surface area contributed by atoms with E-state index in [4.69, 9.17) is 0 Å². The Kier molecular flexibility index (Phi) is 1.86. The second-order valence-electron chi connectivity index (χ2n) is 5.06. The number of allylic oxidation sites excluding steroid dienone is 2. The van der Waals surface area contributed by atoms with E-state index in [1.165, 1.54) is 24.0 Å². The molecule has 1 heteroatoms. The highest BCUT2D eigenvalue weighted by molar-refractivity contribution is 5.89. The van der Waals surface area contributed by atoms with Crippen molar-refractivity contribution in [3.63, 3.8) is 0 Å². The van der Waals surface area contributed by atoms with Crippen LogP contribution in [0.5, 0.6) is 0 Å². The van der Waals surface area contributed by atoms with E-state index in [2.05, 4.69) is 20.8 Å². The topological polar surface area (TPSA) is 17.1 Å².